The van der Waals surface area contributed by atoms with Crippen molar-refractivity contribution in [2.24, 2.45) is 0 Å². The standard InChI is InChI=1S/C19H15NO5S/c21-19(22)14-6-12-18(13-7-14)26(23,24)20-15-8-10-17(11-9-15)25-16-4-2-1-3-5-16/h1-13,20H,(H,21,22)/p-1. The third kappa shape index (κ3) is 4.20. The zero-order valence-corrected chi connectivity index (χ0v) is 14.3. The number of nitrogens with one attached hydrogen (secondary N) is 1. The Morgan fingerprint density at radius 1 is 0.808 bits per heavy atom. The van der Waals surface area contributed by atoms with Crippen LogP contribution in [-0.2, 0) is 10.0 Å². The Hall–Kier alpha value is -3.32. The average Bonchev–Trinajstić information content (AvgIpc) is 2.64. The number of hydrogen-bond donors (Lipinski definition) is 1. The predicted octanol–water partition coefficient (Wildman–Crippen LogP) is 2.64. The molecule has 3 aromatic rings. The number of sulfonamides is 1. The van der Waals surface area contributed by atoms with Crippen LogP contribution < -0.4 is 14.6 Å². The molecule has 26 heavy (non-hydrogen) atoms. The fraction of sp³-hybridized carbons (Fsp3) is 0. The number of para-hydroxylation sites is 1. The molecule has 0 fully saturated rings. The van der Waals surface area contributed by atoms with Gasteiger partial charge in [0.15, 0.2) is 0 Å². The maximum Gasteiger partial charge on any atom is 0.261 e. The lowest BCUT2D eigenvalue weighted by Crippen LogP contribution is -2.22. The van der Waals surface area contributed by atoms with E-state index in [0.29, 0.717) is 17.2 Å². The molecule has 3 aromatic carbocycles. The lowest BCUT2D eigenvalue weighted by Gasteiger charge is -2.10. The Balaban J connectivity index is 1.72. The van der Waals surface area contributed by atoms with Gasteiger partial charge in [0, 0.05) is 5.69 Å². The largest absolute Gasteiger partial charge is 0.545 e. The lowest BCUT2D eigenvalue weighted by atomic mass is 10.2. The summed E-state index contributed by atoms with van der Waals surface area (Å²) in [6, 6.07) is 20.4. The molecule has 0 amide bonds. The Bertz CT molecular complexity index is 998. The Labute approximate surface area is 150 Å². The summed E-state index contributed by atoms with van der Waals surface area (Å²) in [7, 11) is -3.83. The highest BCUT2D eigenvalue weighted by atomic mass is 32.2. The molecule has 0 aromatic heterocycles. The van der Waals surface area contributed by atoms with Gasteiger partial charge >= 0.3 is 0 Å². The summed E-state index contributed by atoms with van der Waals surface area (Å²) in [5.74, 6) is -0.123. The number of aromatic carboxylic acids is 1. The van der Waals surface area contributed by atoms with E-state index in [2.05, 4.69) is 4.72 Å². The van der Waals surface area contributed by atoms with Gasteiger partial charge in [0.2, 0.25) is 0 Å². The number of carboxylic acids is 1. The molecule has 0 aliphatic heterocycles. The quantitative estimate of drug-likeness (QED) is 0.722. The molecule has 0 saturated heterocycles. The van der Waals surface area contributed by atoms with Gasteiger partial charge in [-0.15, -0.1) is 0 Å². The number of carboxylic acid groups (broad SMARTS) is 1. The first kappa shape index (κ1) is 17.5. The van der Waals surface area contributed by atoms with E-state index in [0.717, 1.165) is 0 Å². The molecule has 1 N–H and O–H groups in total. The molecule has 0 aliphatic carbocycles. The summed E-state index contributed by atoms with van der Waals surface area (Å²) >= 11 is 0. The third-order valence-corrected chi connectivity index (χ3v) is 4.88. The van der Waals surface area contributed by atoms with Crippen LogP contribution >= 0.6 is 0 Å². The van der Waals surface area contributed by atoms with E-state index in [9.17, 15) is 18.3 Å². The molecular weight excluding hydrogens is 354 g/mol. The van der Waals surface area contributed by atoms with Crippen molar-refractivity contribution in [1.29, 1.82) is 0 Å². The van der Waals surface area contributed by atoms with E-state index in [1.165, 1.54) is 24.3 Å². The molecule has 0 unspecified atom stereocenters. The number of hydrogen-bond acceptors (Lipinski definition) is 5. The van der Waals surface area contributed by atoms with Crippen LogP contribution in [0.3, 0.4) is 0 Å². The first-order valence-electron chi connectivity index (χ1n) is 7.61. The van der Waals surface area contributed by atoms with Gasteiger partial charge in [0.05, 0.1) is 10.9 Å². The molecule has 0 bridgehead atoms. The predicted molar refractivity (Wildman–Crippen MR) is 94.5 cm³/mol. The van der Waals surface area contributed by atoms with Gasteiger partial charge in [0.25, 0.3) is 10.0 Å². The second-order valence-corrected chi connectivity index (χ2v) is 7.04. The number of carbonyl (C=O) groups is 1. The van der Waals surface area contributed by atoms with Gasteiger partial charge in [-0.2, -0.15) is 0 Å². The Kier molecular flexibility index (Phi) is 4.90. The molecule has 0 saturated carbocycles. The summed E-state index contributed by atoms with van der Waals surface area (Å²) in [4.78, 5) is 10.7. The molecule has 0 radical (unpaired) electrons. The van der Waals surface area contributed by atoms with E-state index in [4.69, 9.17) is 4.74 Å². The van der Waals surface area contributed by atoms with Crippen LogP contribution in [0.1, 0.15) is 10.4 Å². The number of rotatable bonds is 6. The van der Waals surface area contributed by atoms with Crippen molar-refractivity contribution in [2.45, 2.75) is 4.90 Å². The van der Waals surface area contributed by atoms with E-state index in [1.54, 1.807) is 24.3 Å². The fourth-order valence-electron chi connectivity index (χ4n) is 2.20. The summed E-state index contributed by atoms with van der Waals surface area (Å²) in [5.41, 5.74) is 0.265. The maximum absolute atomic E-state index is 12.4. The maximum atomic E-state index is 12.4. The monoisotopic (exact) mass is 368 g/mol. The smallest absolute Gasteiger partial charge is 0.261 e. The summed E-state index contributed by atoms with van der Waals surface area (Å²) in [6.07, 6.45) is 0. The number of benzene rings is 3. The molecule has 7 heteroatoms. The van der Waals surface area contributed by atoms with Gasteiger partial charge in [-0.25, -0.2) is 8.42 Å². The van der Waals surface area contributed by atoms with Crippen molar-refractivity contribution >= 4 is 21.7 Å². The highest BCUT2D eigenvalue weighted by molar-refractivity contribution is 7.92. The van der Waals surface area contributed by atoms with Crippen LogP contribution in [0.25, 0.3) is 0 Å². The molecule has 6 nitrogen and oxygen atoms in total. The second kappa shape index (κ2) is 7.28. The molecule has 0 heterocycles. The van der Waals surface area contributed by atoms with E-state index < -0.39 is 16.0 Å². The zero-order chi connectivity index (χ0) is 18.6. The van der Waals surface area contributed by atoms with E-state index in [1.807, 2.05) is 30.3 Å². The number of ether oxygens (including phenoxy) is 1. The van der Waals surface area contributed by atoms with Crippen LogP contribution in [0.2, 0.25) is 0 Å². The average molecular weight is 368 g/mol. The highest BCUT2D eigenvalue weighted by Crippen LogP contribution is 2.24. The van der Waals surface area contributed by atoms with Gasteiger partial charge in [0.1, 0.15) is 11.5 Å². The Morgan fingerprint density at radius 2 is 1.38 bits per heavy atom. The van der Waals surface area contributed by atoms with Gasteiger partial charge in [-0.05, 0) is 54.1 Å². The molecular formula is C19H14NO5S-. The van der Waals surface area contributed by atoms with Crippen molar-refractivity contribution in [3.63, 3.8) is 0 Å². The minimum Gasteiger partial charge on any atom is -0.545 e. The molecule has 0 aliphatic rings. The third-order valence-electron chi connectivity index (χ3n) is 3.49. The molecule has 0 spiro atoms. The minimum atomic E-state index is -3.83. The van der Waals surface area contributed by atoms with Crippen LogP contribution in [0.5, 0.6) is 11.5 Å². The first-order valence-corrected chi connectivity index (χ1v) is 9.09. The van der Waals surface area contributed by atoms with Crippen molar-refractivity contribution in [3.05, 3.63) is 84.4 Å². The zero-order valence-electron chi connectivity index (χ0n) is 13.5. The van der Waals surface area contributed by atoms with E-state index in [-0.39, 0.29) is 10.5 Å². The van der Waals surface area contributed by atoms with Crippen molar-refractivity contribution in [3.8, 4) is 11.5 Å². The van der Waals surface area contributed by atoms with Crippen LogP contribution in [0, 0.1) is 0 Å². The number of anilines is 1. The normalized spacial score (nSPS) is 10.9. The lowest BCUT2D eigenvalue weighted by molar-refractivity contribution is -0.255. The molecule has 3 rings (SSSR count). The SMILES string of the molecule is O=C([O-])c1ccc(S(=O)(=O)Nc2ccc(Oc3ccccc3)cc2)cc1. The summed E-state index contributed by atoms with van der Waals surface area (Å²) in [5, 5.41) is 10.7. The number of carbonyl (C=O) groups excluding carboxylic acids is 1. The van der Waals surface area contributed by atoms with E-state index >= 15 is 0 Å². The van der Waals surface area contributed by atoms with Crippen molar-refractivity contribution in [2.75, 3.05) is 4.72 Å². The van der Waals surface area contributed by atoms with Crippen molar-refractivity contribution < 1.29 is 23.1 Å². The summed E-state index contributed by atoms with van der Waals surface area (Å²) < 4.78 is 32.8. The van der Waals surface area contributed by atoms with Crippen LogP contribution in [0.15, 0.2) is 83.8 Å². The highest BCUT2D eigenvalue weighted by Gasteiger charge is 2.14. The summed E-state index contributed by atoms with van der Waals surface area (Å²) in [6.45, 7) is 0. The van der Waals surface area contributed by atoms with Crippen LogP contribution in [-0.4, -0.2) is 14.4 Å². The minimum absolute atomic E-state index is 0.0490. The topological polar surface area (TPSA) is 95.5 Å². The first-order chi connectivity index (χ1) is 12.4. The molecule has 132 valence electrons. The fourth-order valence-corrected chi connectivity index (χ4v) is 3.26. The Morgan fingerprint density at radius 3 is 1.96 bits per heavy atom. The molecule has 0 atom stereocenters. The second-order valence-electron chi connectivity index (χ2n) is 5.36. The van der Waals surface area contributed by atoms with Gasteiger partial charge in [-0.3, -0.25) is 4.72 Å². The van der Waals surface area contributed by atoms with Crippen LogP contribution in [0.4, 0.5) is 5.69 Å². The van der Waals surface area contributed by atoms with Crippen molar-refractivity contribution in [1.82, 2.24) is 0 Å². The van der Waals surface area contributed by atoms with Gasteiger partial charge < -0.3 is 14.6 Å². The van der Waals surface area contributed by atoms with Gasteiger partial charge in [-0.1, -0.05) is 30.3 Å².